The van der Waals surface area contributed by atoms with E-state index in [-0.39, 0.29) is 36.0 Å². The molecule has 2 aromatic carbocycles. The largest absolute Gasteiger partial charge is 0.507 e. The maximum atomic E-state index is 13.6. The number of hydrogen-bond acceptors (Lipinski definition) is 6. The molecule has 1 amide bonds. The first-order valence-electron chi connectivity index (χ1n) is 11.0. The minimum absolute atomic E-state index is 0.0614. The van der Waals surface area contributed by atoms with E-state index in [9.17, 15) is 14.7 Å². The first kappa shape index (κ1) is 22.3. The number of phenols is 1. The van der Waals surface area contributed by atoms with Gasteiger partial charge in [-0.1, -0.05) is 24.3 Å². The van der Waals surface area contributed by atoms with Gasteiger partial charge in [0.15, 0.2) is 12.1 Å². The van der Waals surface area contributed by atoms with Gasteiger partial charge in [-0.05, 0) is 56.9 Å². The monoisotopic (exact) mass is 439 g/mol. The fourth-order valence-corrected chi connectivity index (χ4v) is 4.37. The highest BCUT2D eigenvalue weighted by atomic mass is 16.7. The highest BCUT2D eigenvalue weighted by molar-refractivity contribution is 5.96. The second kappa shape index (κ2) is 9.30. The third-order valence-electron chi connectivity index (χ3n) is 6.03. The quantitative estimate of drug-likeness (QED) is 0.682. The molecule has 4 rings (SSSR count). The summed E-state index contributed by atoms with van der Waals surface area (Å²) in [7, 11) is 0. The van der Waals surface area contributed by atoms with Gasteiger partial charge in [0.25, 0.3) is 5.91 Å². The summed E-state index contributed by atoms with van der Waals surface area (Å²) < 4.78 is 17.6. The normalized spacial score (nSPS) is 22.5. The Kier molecular flexibility index (Phi) is 6.48. The number of likely N-dealkylation sites (tertiary alicyclic amines) is 1. The molecule has 7 nitrogen and oxygen atoms in total. The van der Waals surface area contributed by atoms with Crippen molar-refractivity contribution < 1.29 is 28.9 Å². The Morgan fingerprint density at radius 3 is 2.78 bits per heavy atom. The van der Waals surface area contributed by atoms with Crippen LogP contribution in [0.5, 0.6) is 11.5 Å². The number of hydrogen-bond donors (Lipinski definition) is 1. The van der Waals surface area contributed by atoms with Crippen LogP contribution in [0.3, 0.4) is 0 Å². The number of phenolic OH excluding ortho intramolecular Hbond substituents is 1. The predicted molar refractivity (Wildman–Crippen MR) is 118 cm³/mol. The number of aldehydes is 1. The van der Waals surface area contributed by atoms with E-state index in [0.717, 1.165) is 24.8 Å². The van der Waals surface area contributed by atoms with Crippen LogP contribution in [0.25, 0.3) is 0 Å². The van der Waals surface area contributed by atoms with Gasteiger partial charge in [-0.3, -0.25) is 9.59 Å². The van der Waals surface area contributed by atoms with Crippen molar-refractivity contribution in [1.29, 1.82) is 0 Å². The van der Waals surface area contributed by atoms with Gasteiger partial charge in [-0.2, -0.15) is 0 Å². The number of amides is 1. The summed E-state index contributed by atoms with van der Waals surface area (Å²) in [5.41, 5.74) is 1.55. The lowest BCUT2D eigenvalue weighted by Crippen LogP contribution is -2.47. The zero-order valence-electron chi connectivity index (χ0n) is 18.5. The molecule has 0 bridgehead atoms. The average Bonchev–Trinajstić information content (AvgIpc) is 3.17. The van der Waals surface area contributed by atoms with Crippen molar-refractivity contribution in [2.24, 2.45) is 0 Å². The van der Waals surface area contributed by atoms with Crippen LogP contribution >= 0.6 is 0 Å². The molecule has 2 saturated heterocycles. The molecule has 0 aliphatic carbocycles. The van der Waals surface area contributed by atoms with Crippen LogP contribution in [0.1, 0.15) is 65.5 Å². The van der Waals surface area contributed by atoms with E-state index >= 15 is 0 Å². The summed E-state index contributed by atoms with van der Waals surface area (Å²) in [6.07, 6.45) is 3.00. The molecular weight excluding hydrogens is 410 g/mol. The number of ether oxygens (including phenoxy) is 3. The fourth-order valence-electron chi connectivity index (χ4n) is 4.37. The van der Waals surface area contributed by atoms with Crippen molar-refractivity contribution >= 4 is 12.2 Å². The van der Waals surface area contributed by atoms with Crippen molar-refractivity contribution in [2.75, 3.05) is 19.8 Å². The Morgan fingerprint density at radius 2 is 2.03 bits per heavy atom. The van der Waals surface area contributed by atoms with Gasteiger partial charge in [-0.25, -0.2) is 0 Å². The molecule has 1 N–H and O–H groups in total. The minimum Gasteiger partial charge on any atom is -0.507 e. The second-order valence-corrected chi connectivity index (χ2v) is 8.67. The van der Waals surface area contributed by atoms with Crippen molar-refractivity contribution in [3.63, 3.8) is 0 Å². The van der Waals surface area contributed by atoms with Gasteiger partial charge in [0.05, 0.1) is 18.2 Å². The fraction of sp³-hybridized carbons (Fsp3) is 0.440. The zero-order valence-corrected chi connectivity index (χ0v) is 18.5. The lowest BCUT2D eigenvalue weighted by molar-refractivity contribution is -0.139. The van der Waals surface area contributed by atoms with E-state index < -0.39 is 5.79 Å². The molecule has 2 heterocycles. The van der Waals surface area contributed by atoms with Crippen molar-refractivity contribution in [2.45, 2.75) is 51.0 Å². The van der Waals surface area contributed by atoms with Crippen LogP contribution < -0.4 is 4.74 Å². The second-order valence-electron chi connectivity index (χ2n) is 8.67. The smallest absolute Gasteiger partial charge is 0.254 e. The highest BCUT2D eigenvalue weighted by Crippen LogP contribution is 2.35. The van der Waals surface area contributed by atoms with Crippen LogP contribution in [-0.4, -0.2) is 53.8 Å². The summed E-state index contributed by atoms with van der Waals surface area (Å²) >= 11 is 0. The van der Waals surface area contributed by atoms with Crippen LogP contribution in [-0.2, 0) is 9.47 Å². The minimum atomic E-state index is -0.681. The van der Waals surface area contributed by atoms with E-state index in [1.165, 1.54) is 6.07 Å². The molecule has 32 heavy (non-hydrogen) atoms. The van der Waals surface area contributed by atoms with Crippen LogP contribution in [0, 0.1) is 0 Å². The molecule has 2 aliphatic rings. The molecule has 7 heteroatoms. The van der Waals surface area contributed by atoms with Crippen molar-refractivity contribution in [3.8, 4) is 11.5 Å². The Balaban J connectivity index is 1.53. The summed E-state index contributed by atoms with van der Waals surface area (Å²) in [6, 6.07) is 12.1. The van der Waals surface area contributed by atoms with Crippen molar-refractivity contribution in [1.82, 2.24) is 4.90 Å². The van der Waals surface area contributed by atoms with Crippen LogP contribution in [0.2, 0.25) is 0 Å². The Hall–Kier alpha value is -2.90. The van der Waals surface area contributed by atoms with Gasteiger partial charge in [0, 0.05) is 12.1 Å². The predicted octanol–water partition coefficient (Wildman–Crippen LogP) is 4.10. The maximum absolute atomic E-state index is 13.6. The van der Waals surface area contributed by atoms with Crippen LogP contribution in [0.4, 0.5) is 0 Å². The number of aromatic hydroxyl groups is 1. The van der Waals surface area contributed by atoms with Gasteiger partial charge in [0.1, 0.15) is 24.2 Å². The summed E-state index contributed by atoms with van der Waals surface area (Å²) in [5.74, 6) is -0.546. The number of rotatable bonds is 6. The third-order valence-corrected chi connectivity index (χ3v) is 6.03. The number of carbonyl (C=O) groups excluding carboxylic acids is 2. The van der Waals surface area contributed by atoms with Crippen LogP contribution in [0.15, 0.2) is 42.5 Å². The number of carbonyl (C=O) groups is 2. The molecule has 0 radical (unpaired) electrons. The average molecular weight is 440 g/mol. The Bertz CT molecular complexity index is 988. The van der Waals surface area contributed by atoms with Gasteiger partial charge < -0.3 is 24.2 Å². The molecule has 0 aromatic heterocycles. The highest BCUT2D eigenvalue weighted by Gasteiger charge is 2.37. The molecular formula is C25H29NO6. The maximum Gasteiger partial charge on any atom is 0.254 e. The zero-order chi connectivity index (χ0) is 22.7. The van der Waals surface area contributed by atoms with E-state index in [2.05, 4.69) is 0 Å². The van der Waals surface area contributed by atoms with E-state index in [0.29, 0.717) is 30.8 Å². The number of nitrogens with zero attached hydrogens (tertiary/aromatic N) is 1. The summed E-state index contributed by atoms with van der Waals surface area (Å²) in [5, 5.41) is 9.89. The SMILES string of the molecule is CC1(C)OC[C@H](c2ccccc2C(=O)N2CCCC[C@H]2COc2cccc(O)c2C=O)O1. The van der Waals surface area contributed by atoms with E-state index in [1.54, 1.807) is 12.1 Å². The Labute approximate surface area is 187 Å². The molecule has 2 aromatic rings. The number of piperidine rings is 1. The molecule has 2 fully saturated rings. The molecule has 170 valence electrons. The number of benzene rings is 2. The van der Waals surface area contributed by atoms with E-state index in [4.69, 9.17) is 14.2 Å². The molecule has 0 spiro atoms. The first-order valence-corrected chi connectivity index (χ1v) is 11.0. The Morgan fingerprint density at radius 1 is 1.22 bits per heavy atom. The topological polar surface area (TPSA) is 85.3 Å². The molecule has 0 unspecified atom stereocenters. The lowest BCUT2D eigenvalue weighted by Gasteiger charge is -2.36. The van der Waals surface area contributed by atoms with Crippen molar-refractivity contribution in [3.05, 3.63) is 59.2 Å². The standard InChI is InChI=1S/C25H29NO6/c1-25(2)31-16-23(32-25)18-9-3-4-10-19(18)24(29)26-13-6-5-8-17(26)15-30-22-12-7-11-21(28)20(22)14-27/h3-4,7,9-12,14,17,23,28H,5-6,8,13,15-16H2,1-2H3/t17-,23+/m0/s1. The van der Waals surface area contributed by atoms with Gasteiger partial charge in [0.2, 0.25) is 0 Å². The molecule has 0 saturated carbocycles. The molecule has 2 aliphatic heterocycles. The first-order chi connectivity index (χ1) is 15.4. The summed E-state index contributed by atoms with van der Waals surface area (Å²) in [4.78, 5) is 26.8. The molecule has 2 atom stereocenters. The van der Waals surface area contributed by atoms with Gasteiger partial charge in [-0.15, -0.1) is 0 Å². The summed E-state index contributed by atoms with van der Waals surface area (Å²) in [6.45, 7) is 5.01. The van der Waals surface area contributed by atoms with Gasteiger partial charge >= 0.3 is 0 Å². The van der Waals surface area contributed by atoms with E-state index in [1.807, 2.05) is 43.0 Å². The lowest BCUT2D eigenvalue weighted by atomic mass is 9.97. The third kappa shape index (κ3) is 4.64.